The van der Waals surface area contributed by atoms with Crippen molar-refractivity contribution in [3.63, 3.8) is 0 Å². The lowest BCUT2D eigenvalue weighted by Gasteiger charge is -2.48. The first-order valence-corrected chi connectivity index (χ1v) is 9.64. The lowest BCUT2D eigenvalue weighted by atomic mass is 9.55. The van der Waals surface area contributed by atoms with Gasteiger partial charge in [0.15, 0.2) is 5.78 Å². The second-order valence-corrected chi connectivity index (χ2v) is 8.92. The van der Waals surface area contributed by atoms with Crippen LogP contribution in [0.15, 0.2) is 11.6 Å². The lowest BCUT2D eigenvalue weighted by molar-refractivity contribution is -0.116. The summed E-state index contributed by atoms with van der Waals surface area (Å²) in [4.78, 5) is 22.6. The Morgan fingerprint density at radius 3 is 2.80 bits per heavy atom. The van der Waals surface area contributed by atoms with Crippen molar-refractivity contribution in [1.82, 2.24) is 0 Å². The maximum atomic E-state index is 11.9. The van der Waals surface area contributed by atoms with Crippen LogP contribution < -0.4 is 0 Å². The van der Waals surface area contributed by atoms with Crippen molar-refractivity contribution in [2.24, 2.45) is 22.7 Å². The molecular weight excluding hydrogens is 312 g/mol. The van der Waals surface area contributed by atoms with Gasteiger partial charge in [-0.2, -0.15) is 0 Å². The van der Waals surface area contributed by atoms with Crippen LogP contribution in [0.25, 0.3) is 0 Å². The molecule has 0 heterocycles. The number of hydrogen-bond acceptors (Lipinski definition) is 3. The van der Waals surface area contributed by atoms with Crippen LogP contribution in [0.2, 0.25) is 0 Å². The molecule has 1 N–H and O–H groups in total. The van der Waals surface area contributed by atoms with Gasteiger partial charge in [-0.15, -0.1) is 0 Å². The third-order valence-electron chi connectivity index (χ3n) is 7.41. The third kappa shape index (κ3) is 3.10. The fraction of sp³-hybridized carbons (Fsp3) is 0.727. The van der Waals surface area contributed by atoms with Gasteiger partial charge < -0.3 is 9.90 Å². The zero-order valence-electron chi connectivity index (χ0n) is 15.7. The predicted octanol–water partition coefficient (Wildman–Crippen LogP) is 3.84. The van der Waals surface area contributed by atoms with Gasteiger partial charge >= 0.3 is 0 Å². The van der Waals surface area contributed by atoms with Gasteiger partial charge in [0.05, 0.1) is 11.0 Å². The zero-order valence-corrected chi connectivity index (χ0v) is 15.7. The van der Waals surface area contributed by atoms with Crippen molar-refractivity contribution in [2.45, 2.75) is 77.7 Å². The van der Waals surface area contributed by atoms with E-state index in [9.17, 15) is 14.7 Å². The molecule has 5 atom stereocenters. The number of rotatable bonds is 4. The molecular formula is C22H30O3. The summed E-state index contributed by atoms with van der Waals surface area (Å²) in [6.45, 7) is 6.19. The van der Waals surface area contributed by atoms with Crippen molar-refractivity contribution < 1.29 is 14.7 Å². The van der Waals surface area contributed by atoms with Crippen LogP contribution in [-0.2, 0) is 9.59 Å². The number of carbonyl (C=O) groups is 2. The minimum atomic E-state index is -0.962. The molecule has 0 spiro atoms. The van der Waals surface area contributed by atoms with E-state index in [0.717, 1.165) is 38.4 Å². The first kappa shape index (κ1) is 18.4. The maximum absolute atomic E-state index is 11.9. The summed E-state index contributed by atoms with van der Waals surface area (Å²) in [5.74, 6) is 8.01. The van der Waals surface area contributed by atoms with Crippen molar-refractivity contribution in [3.05, 3.63) is 11.6 Å². The van der Waals surface area contributed by atoms with E-state index in [1.54, 1.807) is 0 Å². The van der Waals surface area contributed by atoms with Gasteiger partial charge in [0, 0.05) is 18.8 Å². The highest BCUT2D eigenvalue weighted by molar-refractivity contribution is 5.91. The second kappa shape index (κ2) is 6.40. The van der Waals surface area contributed by atoms with Gasteiger partial charge in [0.2, 0.25) is 0 Å². The van der Waals surface area contributed by atoms with Gasteiger partial charge in [-0.3, -0.25) is 4.79 Å². The molecule has 0 amide bonds. The molecule has 3 nitrogen and oxygen atoms in total. The topological polar surface area (TPSA) is 54.4 Å². The molecule has 0 radical (unpaired) electrons. The fourth-order valence-electron chi connectivity index (χ4n) is 5.18. The van der Waals surface area contributed by atoms with E-state index in [1.807, 2.05) is 19.9 Å². The number of aliphatic hydroxyl groups is 1. The first-order chi connectivity index (χ1) is 11.7. The SMILES string of the molecule is CC(O)(CCC=O)[C@]1(C)C#C[C@@H]2CCC3=CC(=O)CC[C@]3(C)C2CC1. The van der Waals surface area contributed by atoms with Crippen LogP contribution in [0.3, 0.4) is 0 Å². The molecule has 136 valence electrons. The Kier molecular flexibility index (Phi) is 4.71. The van der Waals surface area contributed by atoms with E-state index >= 15 is 0 Å². The largest absolute Gasteiger partial charge is 0.389 e. The number of fused-ring (bicyclic) bond motifs is 3. The number of ketones is 1. The van der Waals surface area contributed by atoms with Crippen molar-refractivity contribution >= 4 is 12.1 Å². The summed E-state index contributed by atoms with van der Waals surface area (Å²) in [6.07, 6.45) is 8.98. The van der Waals surface area contributed by atoms with Gasteiger partial charge in [0.1, 0.15) is 6.29 Å². The minimum Gasteiger partial charge on any atom is -0.389 e. The summed E-state index contributed by atoms with van der Waals surface area (Å²) in [5, 5.41) is 11.0. The Hall–Kier alpha value is -1.40. The Labute approximate surface area is 151 Å². The lowest BCUT2D eigenvalue weighted by Crippen LogP contribution is -2.44. The molecule has 3 aliphatic carbocycles. The molecule has 3 aliphatic rings. The molecule has 0 aromatic heterocycles. The highest BCUT2D eigenvalue weighted by Crippen LogP contribution is 2.56. The van der Waals surface area contributed by atoms with Crippen molar-refractivity contribution in [2.75, 3.05) is 0 Å². The standard InChI is InChI=1S/C22H30O3/c1-20(22(3,25)10-4-14-23)11-7-16-5-6-17-15-18(24)8-13-21(17,2)19(16)9-12-20/h14-16,19,25H,4-6,8-10,12-13H2,1-3H3/t16-,19?,20+,21-,22?/m0/s1. The van der Waals surface area contributed by atoms with E-state index in [2.05, 4.69) is 18.8 Å². The summed E-state index contributed by atoms with van der Waals surface area (Å²) < 4.78 is 0. The van der Waals surface area contributed by atoms with Crippen molar-refractivity contribution in [3.8, 4) is 11.8 Å². The van der Waals surface area contributed by atoms with Crippen LogP contribution >= 0.6 is 0 Å². The molecule has 0 bridgehead atoms. The van der Waals surface area contributed by atoms with Crippen LogP contribution in [-0.4, -0.2) is 22.8 Å². The molecule has 25 heavy (non-hydrogen) atoms. The smallest absolute Gasteiger partial charge is 0.155 e. The molecule has 0 aromatic carbocycles. The Bertz CT molecular complexity index is 662. The van der Waals surface area contributed by atoms with Gasteiger partial charge in [0.25, 0.3) is 0 Å². The Balaban J connectivity index is 1.88. The van der Waals surface area contributed by atoms with Crippen LogP contribution in [0.1, 0.15) is 72.1 Å². The molecule has 3 rings (SSSR count). The minimum absolute atomic E-state index is 0.0748. The summed E-state index contributed by atoms with van der Waals surface area (Å²) >= 11 is 0. The molecule has 2 unspecified atom stereocenters. The average molecular weight is 342 g/mol. The predicted molar refractivity (Wildman–Crippen MR) is 97.7 cm³/mol. The molecule has 0 aromatic rings. The van der Waals surface area contributed by atoms with E-state index in [-0.39, 0.29) is 11.2 Å². The number of aldehydes is 1. The van der Waals surface area contributed by atoms with Crippen LogP contribution in [0, 0.1) is 34.5 Å². The second-order valence-electron chi connectivity index (χ2n) is 8.92. The van der Waals surface area contributed by atoms with Crippen LogP contribution in [0.5, 0.6) is 0 Å². The monoisotopic (exact) mass is 342 g/mol. The van der Waals surface area contributed by atoms with Gasteiger partial charge in [-0.25, -0.2) is 0 Å². The molecule has 3 heteroatoms. The average Bonchev–Trinajstić information content (AvgIpc) is 2.75. The normalized spacial score (nSPS) is 39.7. The van der Waals surface area contributed by atoms with Crippen LogP contribution in [0.4, 0.5) is 0 Å². The third-order valence-corrected chi connectivity index (χ3v) is 7.41. The Morgan fingerprint density at radius 2 is 2.08 bits per heavy atom. The van der Waals surface area contributed by atoms with E-state index in [4.69, 9.17) is 0 Å². The maximum Gasteiger partial charge on any atom is 0.155 e. The van der Waals surface area contributed by atoms with Crippen molar-refractivity contribution in [1.29, 1.82) is 0 Å². The van der Waals surface area contributed by atoms with E-state index in [1.165, 1.54) is 5.57 Å². The molecule has 1 fully saturated rings. The molecule has 1 saturated carbocycles. The first-order valence-electron chi connectivity index (χ1n) is 9.64. The quantitative estimate of drug-likeness (QED) is 0.624. The zero-order chi connectivity index (χ0) is 18.3. The van der Waals surface area contributed by atoms with E-state index < -0.39 is 11.0 Å². The highest BCUT2D eigenvalue weighted by Gasteiger charge is 2.50. The highest BCUT2D eigenvalue weighted by atomic mass is 16.3. The van der Waals surface area contributed by atoms with Gasteiger partial charge in [-0.1, -0.05) is 24.3 Å². The van der Waals surface area contributed by atoms with Gasteiger partial charge in [-0.05, 0) is 69.8 Å². The number of hydrogen-bond donors (Lipinski definition) is 1. The molecule has 0 aliphatic heterocycles. The summed E-state index contributed by atoms with van der Waals surface area (Å²) in [6, 6.07) is 0. The number of allylic oxidation sites excluding steroid dienone is 2. The fourth-order valence-corrected chi connectivity index (χ4v) is 5.18. The summed E-state index contributed by atoms with van der Waals surface area (Å²) in [7, 11) is 0. The summed E-state index contributed by atoms with van der Waals surface area (Å²) in [5.41, 5.74) is -0.0527. The molecule has 0 saturated heterocycles. The van der Waals surface area contributed by atoms with E-state index in [0.29, 0.717) is 31.1 Å². The Morgan fingerprint density at radius 1 is 1.32 bits per heavy atom. The number of carbonyl (C=O) groups excluding carboxylic acids is 2.